The predicted molar refractivity (Wildman–Crippen MR) is 85.1 cm³/mol. The first-order chi connectivity index (χ1) is 11.1. The molecule has 0 spiro atoms. The van der Waals surface area contributed by atoms with Crippen LogP contribution in [0.2, 0.25) is 0 Å². The number of aromatic nitrogens is 1. The van der Waals surface area contributed by atoms with Crippen LogP contribution < -0.4 is 5.32 Å². The molecule has 2 aromatic carbocycles. The number of pyridine rings is 1. The van der Waals surface area contributed by atoms with Crippen molar-refractivity contribution in [2.75, 3.05) is 5.32 Å². The third-order valence-electron chi connectivity index (χ3n) is 3.76. The molecule has 1 N–H and O–H groups in total. The van der Waals surface area contributed by atoms with Gasteiger partial charge in [0.15, 0.2) is 0 Å². The molecule has 3 aromatic rings. The molecule has 0 fully saturated rings. The van der Waals surface area contributed by atoms with Gasteiger partial charge in [0.25, 0.3) is 0 Å². The van der Waals surface area contributed by atoms with E-state index in [1.807, 2.05) is 6.07 Å². The number of halogens is 2. The lowest BCUT2D eigenvalue weighted by Gasteiger charge is -2.15. The molecule has 0 aliphatic rings. The number of carbonyl (C=O) groups is 1. The third-order valence-corrected chi connectivity index (χ3v) is 3.76. The van der Waals surface area contributed by atoms with E-state index >= 15 is 0 Å². The minimum Gasteiger partial charge on any atom is -0.325 e. The Morgan fingerprint density at radius 3 is 2.52 bits per heavy atom. The Bertz CT molecular complexity index is 854. The molecule has 5 heteroatoms. The Labute approximate surface area is 132 Å². The van der Waals surface area contributed by atoms with Crippen LogP contribution in [0.15, 0.2) is 54.9 Å². The summed E-state index contributed by atoms with van der Waals surface area (Å²) in [5, 5.41) is 4.42. The smallest absolute Gasteiger partial charge is 0.231 e. The Morgan fingerprint density at radius 2 is 1.78 bits per heavy atom. The van der Waals surface area contributed by atoms with Crippen LogP contribution in [0.25, 0.3) is 10.8 Å². The highest BCUT2D eigenvalue weighted by atomic mass is 19.1. The zero-order chi connectivity index (χ0) is 16.4. The molecule has 1 amide bonds. The van der Waals surface area contributed by atoms with Gasteiger partial charge in [-0.15, -0.1) is 0 Å². The van der Waals surface area contributed by atoms with Crippen molar-refractivity contribution in [1.29, 1.82) is 0 Å². The second-order valence-electron chi connectivity index (χ2n) is 5.25. The summed E-state index contributed by atoms with van der Waals surface area (Å²) in [5.74, 6) is -2.88. The van der Waals surface area contributed by atoms with Gasteiger partial charge in [-0.05, 0) is 31.2 Å². The zero-order valence-electron chi connectivity index (χ0n) is 12.4. The fraction of sp³-hybridized carbons (Fsp3) is 0.111. The molecule has 116 valence electrons. The molecule has 0 radical (unpaired) electrons. The monoisotopic (exact) mass is 312 g/mol. The molecule has 23 heavy (non-hydrogen) atoms. The SMILES string of the molecule is C[C@H](C(=O)Nc1cccc2cnccc12)c1c(F)cccc1F. The fourth-order valence-electron chi connectivity index (χ4n) is 2.53. The van der Waals surface area contributed by atoms with E-state index in [1.165, 1.54) is 13.0 Å². The first-order valence-corrected chi connectivity index (χ1v) is 7.15. The van der Waals surface area contributed by atoms with Gasteiger partial charge in [-0.1, -0.05) is 18.2 Å². The lowest BCUT2D eigenvalue weighted by Crippen LogP contribution is -2.21. The summed E-state index contributed by atoms with van der Waals surface area (Å²) in [6.07, 6.45) is 3.31. The number of hydrogen-bond donors (Lipinski definition) is 1. The van der Waals surface area contributed by atoms with Gasteiger partial charge in [0.2, 0.25) is 5.91 Å². The maximum absolute atomic E-state index is 13.8. The molecule has 0 aliphatic carbocycles. The first-order valence-electron chi connectivity index (χ1n) is 7.15. The van der Waals surface area contributed by atoms with Crippen LogP contribution in [0.1, 0.15) is 18.4 Å². The van der Waals surface area contributed by atoms with Crippen molar-refractivity contribution >= 4 is 22.4 Å². The van der Waals surface area contributed by atoms with Crippen molar-refractivity contribution in [3.05, 3.63) is 72.1 Å². The molecule has 0 saturated heterocycles. The number of carbonyl (C=O) groups excluding carboxylic acids is 1. The number of nitrogens with one attached hydrogen (secondary N) is 1. The molecule has 1 aromatic heterocycles. The second-order valence-corrected chi connectivity index (χ2v) is 5.25. The van der Waals surface area contributed by atoms with Crippen LogP contribution >= 0.6 is 0 Å². The minimum absolute atomic E-state index is 0.230. The van der Waals surface area contributed by atoms with Gasteiger partial charge in [0.1, 0.15) is 11.6 Å². The first kappa shape index (κ1) is 15.1. The Morgan fingerprint density at radius 1 is 1.09 bits per heavy atom. The van der Waals surface area contributed by atoms with Crippen LogP contribution in [0.5, 0.6) is 0 Å². The number of benzene rings is 2. The van der Waals surface area contributed by atoms with Gasteiger partial charge < -0.3 is 5.32 Å². The number of rotatable bonds is 3. The van der Waals surface area contributed by atoms with E-state index in [4.69, 9.17) is 0 Å². The highest BCUT2D eigenvalue weighted by Crippen LogP contribution is 2.26. The van der Waals surface area contributed by atoms with Crippen LogP contribution in [-0.2, 0) is 4.79 Å². The average molecular weight is 312 g/mol. The van der Waals surface area contributed by atoms with Crippen LogP contribution in [-0.4, -0.2) is 10.9 Å². The molecular weight excluding hydrogens is 298 g/mol. The van der Waals surface area contributed by atoms with Crippen molar-refractivity contribution in [1.82, 2.24) is 4.98 Å². The Balaban J connectivity index is 1.92. The van der Waals surface area contributed by atoms with E-state index in [-0.39, 0.29) is 5.56 Å². The third kappa shape index (κ3) is 2.90. The molecule has 0 aliphatic heterocycles. The van der Waals surface area contributed by atoms with E-state index < -0.39 is 23.5 Å². The largest absolute Gasteiger partial charge is 0.325 e. The highest BCUT2D eigenvalue weighted by Gasteiger charge is 2.23. The van der Waals surface area contributed by atoms with E-state index in [9.17, 15) is 13.6 Å². The van der Waals surface area contributed by atoms with Gasteiger partial charge in [-0.25, -0.2) is 8.78 Å². The van der Waals surface area contributed by atoms with E-state index in [0.29, 0.717) is 5.69 Å². The molecule has 0 unspecified atom stereocenters. The Hall–Kier alpha value is -2.82. The average Bonchev–Trinajstić information content (AvgIpc) is 2.55. The van der Waals surface area contributed by atoms with Gasteiger partial charge in [-0.2, -0.15) is 0 Å². The molecule has 3 rings (SSSR count). The summed E-state index contributed by atoms with van der Waals surface area (Å²) >= 11 is 0. The summed E-state index contributed by atoms with van der Waals surface area (Å²) in [6, 6.07) is 10.7. The maximum atomic E-state index is 13.8. The number of amides is 1. The molecule has 1 heterocycles. The number of nitrogens with zero attached hydrogens (tertiary/aromatic N) is 1. The number of anilines is 1. The van der Waals surface area contributed by atoms with Crippen molar-refractivity contribution in [2.24, 2.45) is 0 Å². The van der Waals surface area contributed by atoms with Crippen LogP contribution in [0, 0.1) is 11.6 Å². The zero-order valence-corrected chi connectivity index (χ0v) is 12.4. The van der Waals surface area contributed by atoms with Gasteiger partial charge >= 0.3 is 0 Å². The lowest BCUT2D eigenvalue weighted by molar-refractivity contribution is -0.117. The summed E-state index contributed by atoms with van der Waals surface area (Å²) in [7, 11) is 0. The quantitative estimate of drug-likeness (QED) is 0.785. The lowest BCUT2D eigenvalue weighted by atomic mass is 9.98. The normalized spacial score (nSPS) is 12.1. The summed E-state index contributed by atoms with van der Waals surface area (Å²) in [4.78, 5) is 16.4. The molecule has 0 saturated carbocycles. The van der Waals surface area contributed by atoms with Gasteiger partial charge in [0.05, 0.1) is 5.92 Å². The Kier molecular flexibility index (Phi) is 4.02. The van der Waals surface area contributed by atoms with E-state index in [2.05, 4.69) is 10.3 Å². The van der Waals surface area contributed by atoms with Crippen molar-refractivity contribution in [3.63, 3.8) is 0 Å². The van der Waals surface area contributed by atoms with E-state index in [0.717, 1.165) is 22.9 Å². The summed E-state index contributed by atoms with van der Waals surface area (Å²) < 4.78 is 27.6. The number of fused-ring (bicyclic) bond motifs is 1. The highest BCUT2D eigenvalue weighted by molar-refractivity contribution is 6.03. The van der Waals surface area contributed by atoms with Crippen molar-refractivity contribution in [2.45, 2.75) is 12.8 Å². The van der Waals surface area contributed by atoms with Crippen molar-refractivity contribution in [3.8, 4) is 0 Å². The molecular formula is C18H14F2N2O. The van der Waals surface area contributed by atoms with Gasteiger partial charge in [0, 0.05) is 34.4 Å². The summed E-state index contributed by atoms with van der Waals surface area (Å²) in [5.41, 5.74) is 0.352. The predicted octanol–water partition coefficient (Wildman–Crippen LogP) is 4.26. The van der Waals surface area contributed by atoms with Crippen molar-refractivity contribution < 1.29 is 13.6 Å². The molecule has 3 nitrogen and oxygen atoms in total. The second kappa shape index (κ2) is 6.12. The summed E-state index contributed by atoms with van der Waals surface area (Å²) in [6.45, 7) is 1.48. The fourth-order valence-corrected chi connectivity index (χ4v) is 2.53. The molecule has 1 atom stereocenters. The minimum atomic E-state index is -0.951. The maximum Gasteiger partial charge on any atom is 0.231 e. The number of hydrogen-bond acceptors (Lipinski definition) is 2. The standard InChI is InChI=1S/C18H14F2N2O/c1-11(17-14(19)5-3-6-15(17)20)18(23)22-16-7-2-4-12-10-21-9-8-13(12)16/h2-11H,1H3,(H,22,23)/t11-/m0/s1. The van der Waals surface area contributed by atoms with Gasteiger partial charge in [-0.3, -0.25) is 9.78 Å². The topological polar surface area (TPSA) is 42.0 Å². The van der Waals surface area contributed by atoms with E-state index in [1.54, 1.807) is 30.6 Å². The van der Waals surface area contributed by atoms with Crippen LogP contribution in [0.3, 0.4) is 0 Å². The molecule has 0 bridgehead atoms. The van der Waals surface area contributed by atoms with Crippen LogP contribution in [0.4, 0.5) is 14.5 Å².